The summed E-state index contributed by atoms with van der Waals surface area (Å²) in [6, 6.07) is 8.52. The fourth-order valence-electron chi connectivity index (χ4n) is 3.61. The highest BCUT2D eigenvalue weighted by Gasteiger charge is 2.35. The zero-order chi connectivity index (χ0) is 21.8. The molecule has 29 heavy (non-hydrogen) atoms. The van der Waals surface area contributed by atoms with Crippen molar-refractivity contribution in [2.45, 2.75) is 72.6 Å². The summed E-state index contributed by atoms with van der Waals surface area (Å²) < 4.78 is 30.3. The topological polar surface area (TPSA) is 44.8 Å². The predicted molar refractivity (Wildman–Crippen MR) is 118 cm³/mol. The quantitative estimate of drug-likeness (QED) is 0.469. The van der Waals surface area contributed by atoms with Gasteiger partial charge in [0.15, 0.2) is 0 Å². The van der Waals surface area contributed by atoms with E-state index in [1.807, 2.05) is 13.8 Å². The van der Waals surface area contributed by atoms with Crippen molar-refractivity contribution in [1.29, 1.82) is 0 Å². The lowest BCUT2D eigenvalue weighted by molar-refractivity contribution is 0.246. The first-order chi connectivity index (χ1) is 13.2. The highest BCUT2D eigenvalue weighted by Crippen LogP contribution is 2.54. The van der Waals surface area contributed by atoms with E-state index in [-0.39, 0.29) is 10.8 Å². The predicted octanol–water partition coefficient (Wildman–Crippen LogP) is 7.01. The van der Waals surface area contributed by atoms with Gasteiger partial charge in [-0.3, -0.25) is 4.52 Å². The van der Waals surface area contributed by atoms with Crippen molar-refractivity contribution in [3.05, 3.63) is 57.6 Å². The molecule has 1 aliphatic heterocycles. The largest absolute Gasteiger partial charge is 0.587 e. The van der Waals surface area contributed by atoms with E-state index in [0.29, 0.717) is 17.9 Å². The molecule has 1 heterocycles. The van der Waals surface area contributed by atoms with Crippen LogP contribution in [0, 0.1) is 13.8 Å². The van der Waals surface area contributed by atoms with Gasteiger partial charge in [0.25, 0.3) is 0 Å². The monoisotopic (exact) mass is 416 g/mol. The molecule has 4 nitrogen and oxygen atoms in total. The number of fused-ring (bicyclic) bond motifs is 2. The molecule has 0 amide bonds. The molecule has 0 bridgehead atoms. The molecule has 0 unspecified atom stereocenters. The molecule has 0 saturated heterocycles. The van der Waals surface area contributed by atoms with Crippen molar-refractivity contribution >= 4 is 7.82 Å². The number of hydrogen-bond acceptors (Lipinski definition) is 4. The Morgan fingerprint density at radius 1 is 0.793 bits per heavy atom. The van der Waals surface area contributed by atoms with Crippen LogP contribution in [0.25, 0.3) is 0 Å². The first-order valence-electron chi connectivity index (χ1n) is 10.1. The first-order valence-corrected chi connectivity index (χ1v) is 11.5. The molecule has 2 aromatic carbocycles. The van der Waals surface area contributed by atoms with Gasteiger partial charge in [-0.2, -0.15) is 0 Å². The Hall–Kier alpha value is -1.77. The van der Waals surface area contributed by atoms with Crippen LogP contribution in [0.5, 0.6) is 11.5 Å². The Balaban J connectivity index is 2.29. The molecule has 0 fully saturated rings. The standard InChI is InChI=1S/C24H33O4P/c1-15-10-19(23(3,4)5)13-17-12-18-14-20(24(6,7)8)11-16(2)22(18)28-29(25,26-9)27-21(15)17/h10-11,13-14H,12H2,1-9H3. The zero-order valence-corrected chi connectivity index (χ0v) is 20.0. The number of rotatable bonds is 1. The minimum atomic E-state index is -3.80. The number of aryl methyl sites for hydroxylation is 2. The fraction of sp³-hybridized carbons (Fsp3) is 0.500. The molecular weight excluding hydrogens is 383 g/mol. The van der Waals surface area contributed by atoms with E-state index in [1.54, 1.807) is 0 Å². The molecule has 1 aliphatic rings. The van der Waals surface area contributed by atoms with Crippen LogP contribution in [-0.4, -0.2) is 7.11 Å². The summed E-state index contributed by atoms with van der Waals surface area (Å²) in [5.74, 6) is 1.18. The second-order valence-corrected chi connectivity index (χ2v) is 11.7. The van der Waals surface area contributed by atoms with Gasteiger partial charge in [0, 0.05) is 13.5 Å². The molecule has 0 aromatic heterocycles. The summed E-state index contributed by atoms with van der Waals surface area (Å²) in [7, 11) is -2.44. The van der Waals surface area contributed by atoms with Crippen LogP contribution in [0.3, 0.4) is 0 Å². The number of benzene rings is 2. The Labute approximate surface area is 175 Å². The van der Waals surface area contributed by atoms with E-state index in [2.05, 4.69) is 65.8 Å². The van der Waals surface area contributed by atoms with E-state index in [4.69, 9.17) is 13.6 Å². The minimum Gasteiger partial charge on any atom is -0.394 e. The SMILES string of the molecule is COP1(=O)Oc2c(C)cc(C(C)(C)C)cc2Cc2cc(C(C)(C)C)cc(C)c2O1. The van der Waals surface area contributed by atoms with Crippen LogP contribution in [0.1, 0.15) is 74.9 Å². The molecule has 0 N–H and O–H groups in total. The smallest absolute Gasteiger partial charge is 0.394 e. The van der Waals surface area contributed by atoms with Crippen molar-refractivity contribution in [2.24, 2.45) is 0 Å². The Kier molecular flexibility index (Phi) is 5.43. The van der Waals surface area contributed by atoms with Crippen LogP contribution in [0.2, 0.25) is 0 Å². The molecule has 0 aliphatic carbocycles. The average molecular weight is 416 g/mol. The molecule has 0 saturated carbocycles. The third-order valence-corrected chi connectivity index (χ3v) is 6.71. The Morgan fingerprint density at radius 2 is 1.17 bits per heavy atom. The maximum Gasteiger partial charge on any atom is 0.587 e. The summed E-state index contributed by atoms with van der Waals surface area (Å²) in [6.07, 6.45) is 0.643. The molecule has 2 aromatic rings. The summed E-state index contributed by atoms with van der Waals surface area (Å²) >= 11 is 0. The Bertz CT molecular complexity index is 918. The normalized spacial score (nSPS) is 16.0. The van der Waals surface area contributed by atoms with E-state index >= 15 is 0 Å². The zero-order valence-electron chi connectivity index (χ0n) is 19.1. The lowest BCUT2D eigenvalue weighted by atomic mass is 9.82. The number of hydrogen-bond donors (Lipinski definition) is 0. The maximum atomic E-state index is 13.3. The van der Waals surface area contributed by atoms with Crippen LogP contribution in [0.4, 0.5) is 0 Å². The number of phosphoric ester groups is 1. The summed E-state index contributed by atoms with van der Waals surface area (Å²) in [5.41, 5.74) is 6.29. The second kappa shape index (κ2) is 7.18. The van der Waals surface area contributed by atoms with Gasteiger partial charge in [-0.1, -0.05) is 65.8 Å². The maximum absolute atomic E-state index is 13.3. The molecule has 5 heteroatoms. The van der Waals surface area contributed by atoms with Crippen LogP contribution in [-0.2, 0) is 26.3 Å². The first kappa shape index (κ1) is 21.9. The average Bonchev–Trinajstić information content (AvgIpc) is 2.57. The lowest BCUT2D eigenvalue weighted by Gasteiger charge is -2.29. The minimum absolute atomic E-state index is 0.00435. The van der Waals surface area contributed by atoms with E-state index in [1.165, 1.54) is 18.2 Å². The van der Waals surface area contributed by atoms with Crippen molar-refractivity contribution in [2.75, 3.05) is 7.11 Å². The van der Waals surface area contributed by atoms with Gasteiger partial charge >= 0.3 is 7.82 Å². The van der Waals surface area contributed by atoms with Crippen molar-refractivity contribution in [3.8, 4) is 11.5 Å². The highest BCUT2D eigenvalue weighted by molar-refractivity contribution is 7.49. The Morgan fingerprint density at radius 3 is 1.48 bits per heavy atom. The summed E-state index contributed by atoms with van der Waals surface area (Å²) in [6.45, 7) is 17.1. The molecular formula is C24H33O4P. The molecule has 3 rings (SSSR count). The molecule has 158 valence electrons. The summed E-state index contributed by atoms with van der Waals surface area (Å²) in [4.78, 5) is 0. The van der Waals surface area contributed by atoms with Gasteiger partial charge < -0.3 is 9.05 Å². The van der Waals surface area contributed by atoms with Crippen molar-refractivity contribution in [3.63, 3.8) is 0 Å². The fourth-order valence-corrected chi connectivity index (χ4v) is 4.76. The van der Waals surface area contributed by atoms with E-state index in [9.17, 15) is 4.57 Å². The van der Waals surface area contributed by atoms with Gasteiger partial charge in [0.1, 0.15) is 11.5 Å². The van der Waals surface area contributed by atoms with Crippen LogP contribution >= 0.6 is 7.82 Å². The van der Waals surface area contributed by atoms with Crippen molar-refractivity contribution < 1.29 is 18.1 Å². The van der Waals surface area contributed by atoms with Gasteiger partial charge in [-0.05, 0) is 58.1 Å². The van der Waals surface area contributed by atoms with Gasteiger partial charge in [0.05, 0.1) is 0 Å². The van der Waals surface area contributed by atoms with Crippen LogP contribution < -0.4 is 9.05 Å². The highest BCUT2D eigenvalue weighted by atomic mass is 31.2. The molecule has 0 spiro atoms. The summed E-state index contributed by atoms with van der Waals surface area (Å²) in [5, 5.41) is 0. The van der Waals surface area contributed by atoms with Crippen LogP contribution in [0.15, 0.2) is 24.3 Å². The lowest BCUT2D eigenvalue weighted by Crippen LogP contribution is -2.17. The molecule has 0 atom stereocenters. The second-order valence-electron chi connectivity index (χ2n) is 10.1. The van der Waals surface area contributed by atoms with Gasteiger partial charge in [0.2, 0.25) is 0 Å². The third-order valence-electron chi connectivity index (χ3n) is 5.45. The van der Waals surface area contributed by atoms with Crippen molar-refractivity contribution in [1.82, 2.24) is 0 Å². The van der Waals surface area contributed by atoms with E-state index in [0.717, 1.165) is 22.3 Å². The molecule has 0 radical (unpaired) electrons. The van der Waals surface area contributed by atoms with Gasteiger partial charge in [-0.25, -0.2) is 4.57 Å². The number of phosphoric acid groups is 1. The van der Waals surface area contributed by atoms with Gasteiger partial charge in [-0.15, -0.1) is 0 Å². The van der Waals surface area contributed by atoms with E-state index < -0.39 is 7.82 Å². The third kappa shape index (κ3) is 4.39.